The van der Waals surface area contributed by atoms with E-state index >= 15 is 0 Å². The van der Waals surface area contributed by atoms with Gasteiger partial charge in [0.2, 0.25) is 0 Å². The van der Waals surface area contributed by atoms with E-state index in [-0.39, 0.29) is 17.0 Å². The quantitative estimate of drug-likeness (QED) is 0.0638. The van der Waals surface area contributed by atoms with E-state index in [1.165, 1.54) is 6.21 Å². The van der Waals surface area contributed by atoms with Gasteiger partial charge in [-0.25, -0.2) is 10.2 Å². The maximum atomic E-state index is 13.5. The van der Waals surface area contributed by atoms with Crippen LogP contribution in [0.1, 0.15) is 40.3 Å². The van der Waals surface area contributed by atoms with Crippen LogP contribution in [0.2, 0.25) is 10.0 Å². The number of hydrazone groups is 1. The summed E-state index contributed by atoms with van der Waals surface area (Å²) in [6.07, 6.45) is 1.39. The monoisotopic (exact) mass is 771 g/mol. The normalized spacial score (nSPS) is 11.2. The van der Waals surface area contributed by atoms with Gasteiger partial charge in [-0.1, -0.05) is 73.3 Å². The van der Waals surface area contributed by atoms with Crippen molar-refractivity contribution in [3.05, 3.63) is 109 Å². The van der Waals surface area contributed by atoms with E-state index < -0.39 is 11.9 Å². The molecule has 0 spiro atoms. The molecular weight excluding hydrogens is 749 g/mol. The number of carbonyl (C=O) groups is 2. The molecule has 5 aromatic rings. The molecule has 5 rings (SSSR count). The molecule has 8 nitrogen and oxygen atoms in total. The summed E-state index contributed by atoms with van der Waals surface area (Å²) in [6, 6.07) is 20.7. The Bertz CT molecular complexity index is 1940. The smallest absolute Gasteiger partial charge is 0.343 e. The minimum Gasteiger partial charge on any atom is -0.490 e. The number of aromatic nitrogens is 1. The van der Waals surface area contributed by atoms with Crippen LogP contribution in [0, 0.1) is 0 Å². The Balaban J connectivity index is 1.42. The first-order valence-corrected chi connectivity index (χ1v) is 16.0. The summed E-state index contributed by atoms with van der Waals surface area (Å²) in [5.74, 6) is 0.0649. The fourth-order valence-corrected chi connectivity index (χ4v) is 6.07. The van der Waals surface area contributed by atoms with Crippen LogP contribution in [-0.2, 0) is 0 Å². The Morgan fingerprint density at radius 1 is 0.867 bits per heavy atom. The lowest BCUT2D eigenvalue weighted by molar-refractivity contribution is 0.0733. The summed E-state index contributed by atoms with van der Waals surface area (Å²) in [7, 11) is 0. The summed E-state index contributed by atoms with van der Waals surface area (Å²) in [4.78, 5) is 29.7. The van der Waals surface area contributed by atoms with Crippen LogP contribution in [0.25, 0.3) is 22.0 Å². The number of ether oxygens (including phenoxy) is 3. The molecule has 0 aliphatic rings. The second-order valence-electron chi connectivity index (χ2n) is 9.46. The molecule has 0 bridgehead atoms. The SMILES string of the molecule is CCOc1ccc(C(=O)Oc2ccc(Br)cc2C=NNC(=O)c2[nH]c3c(Cl)cc(Br)cc3c2-c2ccccc2Cl)cc1OCC. The maximum absolute atomic E-state index is 13.5. The first-order chi connectivity index (χ1) is 21.7. The molecule has 1 heterocycles. The highest BCUT2D eigenvalue weighted by molar-refractivity contribution is 9.10. The number of benzene rings is 4. The first-order valence-electron chi connectivity index (χ1n) is 13.7. The minimum absolute atomic E-state index is 0.219. The Morgan fingerprint density at radius 2 is 1.60 bits per heavy atom. The lowest BCUT2D eigenvalue weighted by Gasteiger charge is -2.13. The molecule has 0 saturated carbocycles. The summed E-state index contributed by atoms with van der Waals surface area (Å²) >= 11 is 20.0. The van der Waals surface area contributed by atoms with Crippen LogP contribution in [-0.4, -0.2) is 36.3 Å². The molecular formula is C33H25Br2Cl2N3O5. The number of hydrogen-bond acceptors (Lipinski definition) is 6. The second-order valence-corrected chi connectivity index (χ2v) is 12.1. The van der Waals surface area contributed by atoms with Crippen LogP contribution >= 0.6 is 55.1 Å². The van der Waals surface area contributed by atoms with Crippen LogP contribution in [0.4, 0.5) is 0 Å². The van der Waals surface area contributed by atoms with Gasteiger partial charge in [-0.3, -0.25) is 4.79 Å². The average Bonchev–Trinajstić information content (AvgIpc) is 3.39. The third-order valence-corrected chi connectivity index (χ3v) is 8.10. The number of hydrogen-bond donors (Lipinski definition) is 2. The highest BCUT2D eigenvalue weighted by Crippen LogP contribution is 2.40. The number of nitrogens with zero attached hydrogens (tertiary/aromatic N) is 1. The van der Waals surface area contributed by atoms with Gasteiger partial charge in [-0.15, -0.1) is 0 Å². The number of halogens is 4. The van der Waals surface area contributed by atoms with E-state index in [9.17, 15) is 9.59 Å². The predicted molar refractivity (Wildman–Crippen MR) is 184 cm³/mol. The van der Waals surface area contributed by atoms with Gasteiger partial charge in [-0.05, 0) is 68.4 Å². The van der Waals surface area contributed by atoms with Crippen molar-refractivity contribution in [2.75, 3.05) is 13.2 Å². The van der Waals surface area contributed by atoms with Crippen LogP contribution in [0.15, 0.2) is 86.8 Å². The van der Waals surface area contributed by atoms with Gasteiger partial charge >= 0.3 is 5.97 Å². The number of carbonyl (C=O) groups excluding carboxylic acids is 2. The van der Waals surface area contributed by atoms with E-state index in [4.69, 9.17) is 37.4 Å². The zero-order chi connectivity index (χ0) is 32.1. The highest BCUT2D eigenvalue weighted by Gasteiger charge is 2.23. The van der Waals surface area contributed by atoms with Crippen molar-refractivity contribution < 1.29 is 23.8 Å². The molecule has 12 heteroatoms. The van der Waals surface area contributed by atoms with Gasteiger partial charge < -0.3 is 19.2 Å². The molecule has 230 valence electrons. The molecule has 0 radical (unpaired) electrons. The van der Waals surface area contributed by atoms with Gasteiger partial charge in [0.25, 0.3) is 5.91 Å². The largest absolute Gasteiger partial charge is 0.490 e. The average molecular weight is 774 g/mol. The molecule has 0 unspecified atom stereocenters. The lowest BCUT2D eigenvalue weighted by Crippen LogP contribution is -2.19. The topological polar surface area (TPSA) is 102 Å². The van der Waals surface area contributed by atoms with Gasteiger partial charge in [0, 0.05) is 36.0 Å². The summed E-state index contributed by atoms with van der Waals surface area (Å²) in [6.45, 7) is 4.57. The molecule has 0 aliphatic carbocycles. The first kappa shape index (κ1) is 32.6. The molecule has 0 aliphatic heterocycles. The molecule has 45 heavy (non-hydrogen) atoms. The standard InChI is InChI=1S/C33H25Br2Cl2N3O5/c1-3-43-27-11-9-18(14-28(27)44-4-2)33(42)45-26-12-10-20(34)13-19(26)17-38-40-32(41)31-29(22-7-5-6-8-24(22)36)23-15-21(35)16-25(37)30(23)39-31/h5-17,39H,3-4H2,1-2H3,(H,40,41). The van der Waals surface area contributed by atoms with Gasteiger partial charge in [0.1, 0.15) is 11.4 Å². The van der Waals surface area contributed by atoms with Crippen molar-refractivity contribution in [2.45, 2.75) is 13.8 Å². The fraction of sp³-hybridized carbons (Fsp3) is 0.121. The van der Waals surface area contributed by atoms with Gasteiger partial charge in [-0.2, -0.15) is 5.10 Å². The number of H-pyrrole nitrogens is 1. The zero-order valence-electron chi connectivity index (χ0n) is 23.9. The number of fused-ring (bicyclic) bond motifs is 1. The molecule has 4 aromatic carbocycles. The maximum Gasteiger partial charge on any atom is 0.343 e. The molecule has 2 N–H and O–H groups in total. The number of nitrogens with one attached hydrogen (secondary N) is 2. The van der Waals surface area contributed by atoms with Crippen molar-refractivity contribution in [3.8, 4) is 28.4 Å². The summed E-state index contributed by atoms with van der Waals surface area (Å²) in [5.41, 5.74) is 5.29. The Morgan fingerprint density at radius 3 is 2.36 bits per heavy atom. The molecule has 1 amide bonds. The van der Waals surface area contributed by atoms with Crippen molar-refractivity contribution >= 4 is 84.1 Å². The highest BCUT2D eigenvalue weighted by atomic mass is 79.9. The Hall–Kier alpha value is -3.83. The van der Waals surface area contributed by atoms with Gasteiger partial charge in [0.15, 0.2) is 11.5 Å². The third-order valence-electron chi connectivity index (χ3n) is 6.52. The third kappa shape index (κ3) is 7.36. The van der Waals surface area contributed by atoms with Crippen molar-refractivity contribution in [3.63, 3.8) is 0 Å². The van der Waals surface area contributed by atoms with E-state index in [1.54, 1.807) is 48.5 Å². The summed E-state index contributed by atoms with van der Waals surface area (Å²) < 4.78 is 18.4. The Labute approximate surface area is 285 Å². The lowest BCUT2D eigenvalue weighted by atomic mass is 10.0. The van der Waals surface area contributed by atoms with Crippen LogP contribution in [0.5, 0.6) is 17.2 Å². The van der Waals surface area contributed by atoms with E-state index in [0.717, 1.165) is 4.47 Å². The number of amides is 1. The number of rotatable bonds is 10. The van der Waals surface area contributed by atoms with E-state index in [2.05, 4.69) is 47.4 Å². The Kier molecular flexibility index (Phi) is 10.5. The van der Waals surface area contributed by atoms with E-state index in [1.807, 2.05) is 38.1 Å². The van der Waals surface area contributed by atoms with E-state index in [0.29, 0.717) is 66.8 Å². The van der Waals surface area contributed by atoms with Crippen LogP contribution in [0.3, 0.4) is 0 Å². The molecule has 1 aromatic heterocycles. The number of aromatic amines is 1. The second kappa shape index (κ2) is 14.5. The summed E-state index contributed by atoms with van der Waals surface area (Å²) in [5, 5.41) is 5.77. The number of esters is 1. The molecule has 0 fully saturated rings. The minimum atomic E-state index is -0.606. The van der Waals surface area contributed by atoms with Crippen molar-refractivity contribution in [1.29, 1.82) is 0 Å². The van der Waals surface area contributed by atoms with Crippen molar-refractivity contribution in [1.82, 2.24) is 10.4 Å². The predicted octanol–water partition coefficient (Wildman–Crippen LogP) is 9.45. The van der Waals surface area contributed by atoms with Crippen molar-refractivity contribution in [2.24, 2.45) is 5.10 Å². The fourth-order valence-electron chi connectivity index (χ4n) is 4.60. The molecule has 0 atom stereocenters. The van der Waals surface area contributed by atoms with Gasteiger partial charge in [0.05, 0.1) is 35.5 Å². The molecule has 0 saturated heterocycles. The van der Waals surface area contributed by atoms with Crippen LogP contribution < -0.4 is 19.6 Å². The zero-order valence-corrected chi connectivity index (χ0v) is 28.6.